The topological polar surface area (TPSA) is 42.8 Å². The predicted molar refractivity (Wildman–Crippen MR) is 70.0 cm³/mol. The van der Waals surface area contributed by atoms with Gasteiger partial charge in [0.25, 0.3) is 0 Å². The van der Waals surface area contributed by atoms with Gasteiger partial charge in [-0.15, -0.1) is 0 Å². The number of H-pyrrole nitrogens is 1. The van der Waals surface area contributed by atoms with E-state index in [1.54, 1.807) is 0 Å². The monoisotopic (exact) mass is 225 g/mol. The number of aromatic nitrogens is 1. The number of hydrogen-bond donors (Lipinski definition) is 1. The van der Waals surface area contributed by atoms with Gasteiger partial charge >= 0.3 is 0 Å². The van der Waals surface area contributed by atoms with Crippen LogP contribution < -0.4 is 4.90 Å². The first-order chi connectivity index (χ1) is 8.15. The van der Waals surface area contributed by atoms with Gasteiger partial charge in [-0.1, -0.05) is 30.3 Å². The van der Waals surface area contributed by atoms with Crippen molar-refractivity contribution in [2.24, 2.45) is 0 Å². The third-order valence-electron chi connectivity index (χ3n) is 2.85. The van der Waals surface area contributed by atoms with E-state index in [0.29, 0.717) is 5.56 Å². The second-order valence-corrected chi connectivity index (χ2v) is 4.22. The molecule has 3 heteroatoms. The number of aromatic amines is 1. The molecule has 0 aliphatic heterocycles. The lowest BCUT2D eigenvalue weighted by Crippen LogP contribution is -2.10. The van der Waals surface area contributed by atoms with Crippen LogP contribution in [-0.2, 0) is 0 Å². The van der Waals surface area contributed by atoms with E-state index >= 15 is 0 Å². The van der Waals surface area contributed by atoms with E-state index in [-0.39, 0.29) is 0 Å². The third kappa shape index (κ3) is 1.90. The Kier molecular flexibility index (Phi) is 2.88. The zero-order valence-corrected chi connectivity index (χ0v) is 10.3. The molecule has 0 saturated carbocycles. The molecule has 2 aromatic rings. The van der Waals surface area contributed by atoms with Crippen molar-refractivity contribution in [1.29, 1.82) is 5.26 Å². The fourth-order valence-corrected chi connectivity index (χ4v) is 1.94. The van der Waals surface area contributed by atoms with Crippen molar-refractivity contribution in [3.63, 3.8) is 0 Å². The maximum atomic E-state index is 9.21. The van der Waals surface area contributed by atoms with Crippen molar-refractivity contribution in [2.75, 3.05) is 19.0 Å². The average molecular weight is 225 g/mol. The highest BCUT2D eigenvalue weighted by molar-refractivity contribution is 5.73. The van der Waals surface area contributed by atoms with E-state index in [2.05, 4.69) is 11.1 Å². The SMILES string of the molecule is Cc1c(-c2ccccc2)[nH]c(N(C)C)c1C#N. The maximum absolute atomic E-state index is 9.21. The zero-order valence-electron chi connectivity index (χ0n) is 10.3. The predicted octanol–water partition coefficient (Wildman–Crippen LogP) is 2.93. The van der Waals surface area contributed by atoms with Gasteiger partial charge in [-0.2, -0.15) is 5.26 Å². The summed E-state index contributed by atoms with van der Waals surface area (Å²) in [4.78, 5) is 5.25. The number of rotatable bonds is 2. The Morgan fingerprint density at radius 2 is 1.82 bits per heavy atom. The highest BCUT2D eigenvalue weighted by atomic mass is 15.1. The van der Waals surface area contributed by atoms with E-state index in [1.807, 2.05) is 56.3 Å². The Labute approximate surface area is 101 Å². The first-order valence-corrected chi connectivity index (χ1v) is 5.50. The summed E-state index contributed by atoms with van der Waals surface area (Å²) in [6.45, 7) is 1.98. The standard InChI is InChI=1S/C14H15N3/c1-10-12(9-15)14(17(2)3)16-13(10)11-7-5-4-6-8-11/h4-8,16H,1-3H3. The van der Waals surface area contributed by atoms with Crippen LogP contribution in [0.3, 0.4) is 0 Å². The number of nitriles is 1. The van der Waals surface area contributed by atoms with Crippen molar-refractivity contribution in [1.82, 2.24) is 4.98 Å². The van der Waals surface area contributed by atoms with Crippen LogP contribution >= 0.6 is 0 Å². The molecule has 1 N–H and O–H groups in total. The van der Waals surface area contributed by atoms with Crippen LogP contribution in [-0.4, -0.2) is 19.1 Å². The van der Waals surface area contributed by atoms with Crippen LogP contribution in [0.1, 0.15) is 11.1 Å². The van der Waals surface area contributed by atoms with Gasteiger partial charge in [0.15, 0.2) is 0 Å². The molecule has 0 saturated heterocycles. The molecular formula is C14H15N3. The van der Waals surface area contributed by atoms with Crippen LogP contribution in [0.15, 0.2) is 30.3 Å². The Hall–Kier alpha value is -2.21. The molecule has 0 bridgehead atoms. The van der Waals surface area contributed by atoms with Crippen LogP contribution in [0.5, 0.6) is 0 Å². The lowest BCUT2D eigenvalue weighted by Gasteiger charge is -2.09. The van der Waals surface area contributed by atoms with Gasteiger partial charge in [-0.3, -0.25) is 0 Å². The van der Waals surface area contributed by atoms with Gasteiger partial charge in [0, 0.05) is 14.1 Å². The lowest BCUT2D eigenvalue weighted by atomic mass is 10.1. The van der Waals surface area contributed by atoms with Crippen molar-refractivity contribution in [3.05, 3.63) is 41.5 Å². The minimum absolute atomic E-state index is 0.717. The van der Waals surface area contributed by atoms with E-state index < -0.39 is 0 Å². The lowest BCUT2D eigenvalue weighted by molar-refractivity contribution is 1.08. The van der Waals surface area contributed by atoms with Crippen LogP contribution in [0.25, 0.3) is 11.3 Å². The summed E-state index contributed by atoms with van der Waals surface area (Å²) < 4.78 is 0. The van der Waals surface area contributed by atoms with Crippen molar-refractivity contribution >= 4 is 5.82 Å². The minimum Gasteiger partial charge on any atom is -0.363 e. The number of anilines is 1. The molecular weight excluding hydrogens is 210 g/mol. The highest BCUT2D eigenvalue weighted by Crippen LogP contribution is 2.30. The maximum Gasteiger partial charge on any atom is 0.124 e. The normalized spacial score (nSPS) is 10.0. The summed E-state index contributed by atoms with van der Waals surface area (Å²) in [5, 5.41) is 9.21. The smallest absolute Gasteiger partial charge is 0.124 e. The van der Waals surface area contributed by atoms with E-state index in [4.69, 9.17) is 0 Å². The van der Waals surface area contributed by atoms with Crippen LogP contribution in [0, 0.1) is 18.3 Å². The Bertz CT molecular complexity index is 559. The molecule has 1 aromatic heterocycles. The molecule has 17 heavy (non-hydrogen) atoms. The van der Waals surface area contributed by atoms with E-state index in [9.17, 15) is 5.26 Å². The third-order valence-corrected chi connectivity index (χ3v) is 2.85. The molecule has 2 rings (SSSR count). The molecule has 0 fully saturated rings. The number of hydrogen-bond acceptors (Lipinski definition) is 2. The largest absolute Gasteiger partial charge is 0.363 e. The number of nitrogens with zero attached hydrogens (tertiary/aromatic N) is 2. The summed E-state index contributed by atoms with van der Waals surface area (Å²) in [7, 11) is 3.86. The fraction of sp³-hybridized carbons (Fsp3) is 0.214. The van der Waals surface area contributed by atoms with Crippen LogP contribution in [0.4, 0.5) is 5.82 Å². The first-order valence-electron chi connectivity index (χ1n) is 5.50. The Morgan fingerprint density at radius 1 is 1.18 bits per heavy atom. The van der Waals surface area contributed by atoms with Crippen molar-refractivity contribution in [3.8, 4) is 17.3 Å². The van der Waals surface area contributed by atoms with Crippen LogP contribution in [0.2, 0.25) is 0 Å². The first kappa shape index (κ1) is 11.3. The molecule has 0 atom stereocenters. The van der Waals surface area contributed by atoms with Gasteiger partial charge in [-0.25, -0.2) is 0 Å². The zero-order chi connectivity index (χ0) is 12.4. The second kappa shape index (κ2) is 4.34. The molecule has 0 spiro atoms. The molecule has 1 heterocycles. The summed E-state index contributed by atoms with van der Waals surface area (Å²) in [6.07, 6.45) is 0. The molecule has 0 aliphatic carbocycles. The molecule has 3 nitrogen and oxygen atoms in total. The summed E-state index contributed by atoms with van der Waals surface area (Å²) >= 11 is 0. The van der Waals surface area contributed by atoms with Gasteiger partial charge in [0.2, 0.25) is 0 Å². The minimum atomic E-state index is 0.717. The molecule has 0 aliphatic rings. The number of nitrogens with one attached hydrogen (secondary N) is 1. The van der Waals surface area contributed by atoms with Crippen molar-refractivity contribution in [2.45, 2.75) is 6.92 Å². The second-order valence-electron chi connectivity index (χ2n) is 4.22. The molecule has 0 radical (unpaired) electrons. The van der Waals surface area contributed by atoms with E-state index in [0.717, 1.165) is 22.6 Å². The van der Waals surface area contributed by atoms with E-state index in [1.165, 1.54) is 0 Å². The Balaban J connectivity index is 2.62. The van der Waals surface area contributed by atoms with Gasteiger partial charge in [0.05, 0.1) is 11.3 Å². The molecule has 0 amide bonds. The van der Waals surface area contributed by atoms with Gasteiger partial charge in [-0.05, 0) is 18.1 Å². The molecule has 86 valence electrons. The summed E-state index contributed by atoms with van der Waals surface area (Å²) in [5.74, 6) is 0.865. The molecule has 0 unspecified atom stereocenters. The van der Waals surface area contributed by atoms with Crippen molar-refractivity contribution < 1.29 is 0 Å². The highest BCUT2D eigenvalue weighted by Gasteiger charge is 2.15. The summed E-state index contributed by atoms with van der Waals surface area (Å²) in [5.41, 5.74) is 3.84. The fourth-order valence-electron chi connectivity index (χ4n) is 1.94. The van der Waals surface area contributed by atoms with Gasteiger partial charge in [0.1, 0.15) is 11.9 Å². The quantitative estimate of drug-likeness (QED) is 0.853. The summed E-state index contributed by atoms with van der Waals surface area (Å²) in [6, 6.07) is 12.3. The molecule has 1 aromatic carbocycles. The van der Waals surface area contributed by atoms with Gasteiger partial charge < -0.3 is 9.88 Å². The number of benzene rings is 1. The Morgan fingerprint density at radius 3 is 2.29 bits per heavy atom. The average Bonchev–Trinajstić information content (AvgIpc) is 2.67.